The van der Waals surface area contributed by atoms with Crippen LogP contribution in [0.2, 0.25) is 0 Å². The first-order valence-corrected chi connectivity index (χ1v) is 10.1. The van der Waals surface area contributed by atoms with Gasteiger partial charge in [0, 0.05) is 22.8 Å². The number of thiophene rings is 1. The van der Waals surface area contributed by atoms with Gasteiger partial charge in [-0.3, -0.25) is 0 Å². The van der Waals surface area contributed by atoms with Crippen LogP contribution >= 0.6 is 22.9 Å². The Bertz CT molecular complexity index is 567. The van der Waals surface area contributed by atoms with Crippen molar-refractivity contribution >= 4 is 33.0 Å². The number of sulfonamides is 1. The summed E-state index contributed by atoms with van der Waals surface area (Å²) in [5.41, 5.74) is 0. The molecule has 1 saturated carbocycles. The van der Waals surface area contributed by atoms with E-state index in [1.807, 2.05) is 0 Å². The molecule has 2 atom stereocenters. The normalized spacial score (nSPS) is 28.2. The standard InChI is InChI=1S/C14H20ClNO2S2/c15-9-12-8-13(10-19-12)20(17,18)16-7-3-5-11-4-1-2-6-14(11)16/h8,10-11,14H,1-7,9H2/t11-,14-/m1/s1. The topological polar surface area (TPSA) is 37.4 Å². The van der Waals surface area contributed by atoms with Crippen LogP contribution in [0.5, 0.6) is 0 Å². The molecule has 0 spiro atoms. The molecule has 1 aliphatic carbocycles. The monoisotopic (exact) mass is 333 g/mol. The number of piperidine rings is 1. The van der Waals surface area contributed by atoms with Crippen LogP contribution in [-0.4, -0.2) is 25.3 Å². The van der Waals surface area contributed by atoms with Gasteiger partial charge in [0.2, 0.25) is 10.0 Å². The Morgan fingerprint density at radius 2 is 2.00 bits per heavy atom. The molecule has 1 aliphatic heterocycles. The van der Waals surface area contributed by atoms with Crippen molar-refractivity contribution in [2.45, 2.75) is 55.3 Å². The Balaban J connectivity index is 1.89. The second kappa shape index (κ2) is 5.95. The van der Waals surface area contributed by atoms with Crippen molar-refractivity contribution in [3.8, 4) is 0 Å². The summed E-state index contributed by atoms with van der Waals surface area (Å²) < 4.78 is 27.5. The summed E-state index contributed by atoms with van der Waals surface area (Å²) in [5.74, 6) is 0.949. The smallest absolute Gasteiger partial charge is 0.207 e. The van der Waals surface area contributed by atoms with E-state index in [1.165, 1.54) is 30.6 Å². The minimum absolute atomic E-state index is 0.224. The number of rotatable bonds is 3. The highest BCUT2D eigenvalue weighted by Crippen LogP contribution is 2.38. The molecule has 6 heteroatoms. The van der Waals surface area contributed by atoms with Crippen molar-refractivity contribution in [3.63, 3.8) is 0 Å². The Labute approximate surface area is 130 Å². The Morgan fingerprint density at radius 1 is 1.25 bits per heavy atom. The van der Waals surface area contributed by atoms with Crippen molar-refractivity contribution in [1.29, 1.82) is 0 Å². The van der Waals surface area contributed by atoms with Gasteiger partial charge in [0.25, 0.3) is 0 Å². The highest BCUT2D eigenvalue weighted by atomic mass is 35.5. The van der Waals surface area contributed by atoms with Gasteiger partial charge < -0.3 is 0 Å². The summed E-state index contributed by atoms with van der Waals surface area (Å²) in [5, 5.41) is 1.74. The number of hydrogen-bond acceptors (Lipinski definition) is 3. The van der Waals surface area contributed by atoms with Gasteiger partial charge in [0.1, 0.15) is 0 Å². The summed E-state index contributed by atoms with van der Waals surface area (Å²) in [6.07, 6.45) is 6.80. The zero-order valence-corrected chi connectivity index (χ0v) is 13.8. The van der Waals surface area contributed by atoms with Crippen LogP contribution in [0.25, 0.3) is 0 Å². The van der Waals surface area contributed by atoms with Gasteiger partial charge in [-0.2, -0.15) is 4.31 Å². The average molecular weight is 334 g/mol. The van der Waals surface area contributed by atoms with Gasteiger partial charge in [-0.15, -0.1) is 22.9 Å². The van der Waals surface area contributed by atoms with E-state index >= 15 is 0 Å². The maximum atomic E-state index is 12.9. The molecule has 1 aromatic heterocycles. The second-order valence-corrected chi connectivity index (χ2v) is 8.91. The Morgan fingerprint density at radius 3 is 2.75 bits per heavy atom. The summed E-state index contributed by atoms with van der Waals surface area (Å²) in [6.45, 7) is 0.676. The molecular weight excluding hydrogens is 314 g/mol. The predicted molar refractivity (Wildman–Crippen MR) is 82.7 cm³/mol. The van der Waals surface area contributed by atoms with E-state index in [9.17, 15) is 8.42 Å². The maximum Gasteiger partial charge on any atom is 0.244 e. The molecule has 0 radical (unpaired) electrons. The molecule has 0 bridgehead atoms. The minimum atomic E-state index is -3.34. The molecule has 0 amide bonds. The van der Waals surface area contributed by atoms with Crippen LogP contribution in [-0.2, 0) is 15.9 Å². The lowest BCUT2D eigenvalue weighted by molar-refractivity contribution is 0.129. The summed E-state index contributed by atoms with van der Waals surface area (Å²) in [6, 6.07) is 1.96. The molecule has 0 aromatic carbocycles. The maximum absolute atomic E-state index is 12.9. The number of hydrogen-bond donors (Lipinski definition) is 0. The lowest BCUT2D eigenvalue weighted by Crippen LogP contribution is -2.49. The van der Waals surface area contributed by atoms with E-state index < -0.39 is 10.0 Å². The first kappa shape index (κ1) is 14.8. The Hall–Kier alpha value is -0.100. The fraction of sp³-hybridized carbons (Fsp3) is 0.714. The van der Waals surface area contributed by atoms with Gasteiger partial charge in [-0.1, -0.05) is 12.8 Å². The van der Waals surface area contributed by atoms with Crippen molar-refractivity contribution in [3.05, 3.63) is 16.3 Å². The molecule has 0 unspecified atom stereocenters. The molecule has 2 fully saturated rings. The van der Waals surface area contributed by atoms with E-state index in [2.05, 4.69) is 0 Å². The molecule has 3 rings (SSSR count). The van der Waals surface area contributed by atoms with Crippen LogP contribution in [0.4, 0.5) is 0 Å². The van der Waals surface area contributed by atoms with E-state index in [1.54, 1.807) is 15.8 Å². The van der Waals surface area contributed by atoms with Gasteiger partial charge in [0.15, 0.2) is 0 Å². The third kappa shape index (κ3) is 2.65. The lowest BCUT2D eigenvalue weighted by Gasteiger charge is -2.42. The van der Waals surface area contributed by atoms with E-state index in [0.717, 1.165) is 24.1 Å². The van der Waals surface area contributed by atoms with Crippen LogP contribution in [0.1, 0.15) is 43.4 Å². The van der Waals surface area contributed by atoms with Crippen molar-refractivity contribution in [2.75, 3.05) is 6.54 Å². The average Bonchev–Trinajstić information content (AvgIpc) is 2.96. The highest BCUT2D eigenvalue weighted by molar-refractivity contribution is 7.89. The quantitative estimate of drug-likeness (QED) is 0.788. The molecule has 112 valence electrons. The SMILES string of the molecule is O=S(=O)(c1csc(CCl)c1)N1CCC[C@H]2CCCC[C@H]21. The minimum Gasteiger partial charge on any atom is -0.207 e. The summed E-state index contributed by atoms with van der Waals surface area (Å²) >= 11 is 7.22. The van der Waals surface area contributed by atoms with Gasteiger partial charge in [0.05, 0.1) is 10.8 Å². The Kier molecular flexibility index (Phi) is 4.41. The van der Waals surface area contributed by atoms with Crippen molar-refractivity contribution in [1.82, 2.24) is 4.31 Å². The summed E-state index contributed by atoms with van der Waals surface area (Å²) in [7, 11) is -3.34. The third-order valence-electron chi connectivity index (χ3n) is 4.56. The van der Waals surface area contributed by atoms with Crippen molar-refractivity contribution < 1.29 is 8.42 Å². The van der Waals surface area contributed by atoms with Gasteiger partial charge in [-0.05, 0) is 37.7 Å². The fourth-order valence-corrected chi connectivity index (χ4v) is 6.71. The number of halogens is 1. The van der Waals surface area contributed by atoms with Gasteiger partial charge >= 0.3 is 0 Å². The summed E-state index contributed by atoms with van der Waals surface area (Å²) in [4.78, 5) is 1.35. The highest BCUT2D eigenvalue weighted by Gasteiger charge is 2.40. The fourth-order valence-electron chi connectivity index (χ4n) is 3.58. The first-order valence-electron chi connectivity index (χ1n) is 7.28. The molecule has 1 aromatic rings. The molecular formula is C14H20ClNO2S2. The third-order valence-corrected chi connectivity index (χ3v) is 7.99. The predicted octanol–water partition coefficient (Wildman–Crippen LogP) is 3.83. The van der Waals surface area contributed by atoms with Crippen molar-refractivity contribution in [2.24, 2.45) is 5.92 Å². The molecule has 3 nitrogen and oxygen atoms in total. The zero-order chi connectivity index (χ0) is 14.2. The number of alkyl halides is 1. The van der Waals surface area contributed by atoms with E-state index in [0.29, 0.717) is 23.2 Å². The molecule has 2 aliphatic rings. The van der Waals surface area contributed by atoms with E-state index in [-0.39, 0.29) is 6.04 Å². The van der Waals surface area contributed by atoms with Gasteiger partial charge in [-0.25, -0.2) is 8.42 Å². The van der Waals surface area contributed by atoms with E-state index in [4.69, 9.17) is 11.6 Å². The van der Waals surface area contributed by atoms with Crippen LogP contribution in [0, 0.1) is 5.92 Å². The van der Waals surface area contributed by atoms with Crippen LogP contribution in [0.15, 0.2) is 16.3 Å². The van der Waals surface area contributed by atoms with Crippen LogP contribution < -0.4 is 0 Å². The van der Waals surface area contributed by atoms with Crippen LogP contribution in [0.3, 0.4) is 0 Å². The second-order valence-electron chi connectivity index (χ2n) is 5.75. The largest absolute Gasteiger partial charge is 0.244 e. The molecule has 20 heavy (non-hydrogen) atoms. The first-order chi connectivity index (χ1) is 9.63. The molecule has 2 heterocycles. The number of fused-ring (bicyclic) bond motifs is 1. The molecule has 0 N–H and O–H groups in total. The lowest BCUT2D eigenvalue weighted by atomic mass is 9.79. The zero-order valence-electron chi connectivity index (χ0n) is 11.4. The number of nitrogens with zero attached hydrogens (tertiary/aromatic N) is 1. The molecule has 1 saturated heterocycles.